The van der Waals surface area contributed by atoms with Crippen LogP contribution in [-0.4, -0.2) is 11.7 Å². The van der Waals surface area contributed by atoms with Gasteiger partial charge < -0.3 is 5.32 Å². The summed E-state index contributed by atoms with van der Waals surface area (Å²) in [6, 6.07) is 9.67. The number of benzene rings is 1. The highest BCUT2D eigenvalue weighted by Gasteiger charge is 2.29. The number of nitrogens with zero attached hydrogens (tertiary/aromatic N) is 1. The first kappa shape index (κ1) is 11.0. The zero-order chi connectivity index (χ0) is 11.4. The molecular formula is C12H12N2OS. The highest BCUT2D eigenvalue weighted by Crippen LogP contribution is 2.30. The minimum absolute atomic E-state index is 0.123. The average molecular weight is 232 g/mol. The van der Waals surface area contributed by atoms with Gasteiger partial charge in [-0.15, -0.1) is 11.8 Å². The predicted octanol–water partition coefficient (Wildman–Crippen LogP) is 2.65. The van der Waals surface area contributed by atoms with E-state index in [4.69, 9.17) is 5.26 Å². The monoisotopic (exact) mass is 232 g/mol. The molecule has 1 aliphatic carbocycles. The van der Waals surface area contributed by atoms with E-state index >= 15 is 0 Å². The Kier molecular flexibility index (Phi) is 3.47. The molecule has 0 atom stereocenters. The topological polar surface area (TPSA) is 52.9 Å². The van der Waals surface area contributed by atoms with E-state index < -0.39 is 0 Å². The van der Waals surface area contributed by atoms with Gasteiger partial charge in [-0.2, -0.15) is 5.26 Å². The quantitative estimate of drug-likeness (QED) is 0.812. The predicted molar refractivity (Wildman–Crippen MR) is 64.1 cm³/mol. The molecule has 3 nitrogen and oxygen atoms in total. The van der Waals surface area contributed by atoms with E-state index in [0.717, 1.165) is 23.4 Å². The van der Waals surface area contributed by atoms with Crippen molar-refractivity contribution in [3.8, 4) is 6.07 Å². The smallest absolute Gasteiger partial charge is 0.227 e. The summed E-state index contributed by atoms with van der Waals surface area (Å²) < 4.78 is 0. The first-order chi connectivity index (χ1) is 7.79. The summed E-state index contributed by atoms with van der Waals surface area (Å²) >= 11 is 1.49. The fourth-order valence-electron chi connectivity index (χ4n) is 1.34. The van der Waals surface area contributed by atoms with Crippen LogP contribution in [0.3, 0.4) is 0 Å². The van der Waals surface area contributed by atoms with Gasteiger partial charge in [0.15, 0.2) is 0 Å². The Balaban J connectivity index is 1.91. The van der Waals surface area contributed by atoms with Crippen LogP contribution in [0.25, 0.3) is 0 Å². The third-order valence-electron chi connectivity index (χ3n) is 2.37. The zero-order valence-electron chi connectivity index (χ0n) is 8.77. The van der Waals surface area contributed by atoms with Crippen molar-refractivity contribution in [3.05, 3.63) is 24.3 Å². The standard InChI is InChI=1S/C12H12N2OS/c13-7-8-16-11-5-3-10(4-6-11)14-12(15)9-1-2-9/h3-6,9H,1-2,8H2,(H,14,15). The molecule has 82 valence electrons. The van der Waals surface area contributed by atoms with Crippen LogP contribution in [0.5, 0.6) is 0 Å². The molecule has 1 fully saturated rings. The van der Waals surface area contributed by atoms with Gasteiger partial charge in [-0.25, -0.2) is 0 Å². The van der Waals surface area contributed by atoms with Crippen molar-refractivity contribution in [2.45, 2.75) is 17.7 Å². The Morgan fingerprint density at radius 3 is 2.69 bits per heavy atom. The Morgan fingerprint density at radius 2 is 2.12 bits per heavy atom. The first-order valence-corrected chi connectivity index (χ1v) is 6.19. The van der Waals surface area contributed by atoms with Crippen LogP contribution >= 0.6 is 11.8 Å². The van der Waals surface area contributed by atoms with E-state index in [9.17, 15) is 4.79 Å². The Labute approximate surface area is 98.8 Å². The SMILES string of the molecule is N#CCSc1ccc(NC(=O)C2CC2)cc1. The number of carbonyl (C=O) groups excluding carboxylic acids is 1. The first-order valence-electron chi connectivity index (χ1n) is 5.20. The second-order valence-corrected chi connectivity index (χ2v) is 4.78. The molecule has 0 saturated heterocycles. The molecule has 1 saturated carbocycles. The lowest BCUT2D eigenvalue weighted by Crippen LogP contribution is -2.12. The third kappa shape index (κ3) is 3.01. The molecule has 4 heteroatoms. The molecule has 0 bridgehead atoms. The summed E-state index contributed by atoms with van der Waals surface area (Å²) in [5.41, 5.74) is 0.832. The summed E-state index contributed by atoms with van der Waals surface area (Å²) in [7, 11) is 0. The Bertz CT molecular complexity index is 418. The van der Waals surface area contributed by atoms with Crippen molar-refractivity contribution in [2.24, 2.45) is 5.92 Å². The number of rotatable bonds is 4. The minimum Gasteiger partial charge on any atom is -0.326 e. The van der Waals surface area contributed by atoms with E-state index in [1.807, 2.05) is 24.3 Å². The fourth-order valence-corrected chi connectivity index (χ4v) is 1.90. The van der Waals surface area contributed by atoms with Gasteiger partial charge in [0.05, 0.1) is 11.8 Å². The fraction of sp³-hybridized carbons (Fsp3) is 0.333. The molecule has 1 amide bonds. The normalized spacial score (nSPS) is 14.2. The van der Waals surface area contributed by atoms with Gasteiger partial charge in [0.1, 0.15) is 0 Å². The maximum atomic E-state index is 11.5. The highest BCUT2D eigenvalue weighted by molar-refractivity contribution is 7.99. The number of amides is 1. The molecule has 0 unspecified atom stereocenters. The summed E-state index contributed by atoms with van der Waals surface area (Å²) in [5, 5.41) is 11.3. The summed E-state index contributed by atoms with van der Waals surface area (Å²) in [6.45, 7) is 0. The van der Waals surface area contributed by atoms with Crippen LogP contribution in [0.15, 0.2) is 29.2 Å². The van der Waals surface area contributed by atoms with Gasteiger partial charge >= 0.3 is 0 Å². The van der Waals surface area contributed by atoms with Crippen molar-refractivity contribution >= 4 is 23.4 Å². The number of anilines is 1. The molecule has 0 aromatic heterocycles. The lowest BCUT2D eigenvalue weighted by molar-refractivity contribution is -0.117. The van der Waals surface area contributed by atoms with Gasteiger partial charge in [0.2, 0.25) is 5.91 Å². The van der Waals surface area contributed by atoms with E-state index in [1.165, 1.54) is 11.8 Å². The minimum atomic E-state index is 0.123. The van der Waals surface area contributed by atoms with Crippen LogP contribution in [0.1, 0.15) is 12.8 Å². The molecule has 0 aliphatic heterocycles. The third-order valence-corrected chi connectivity index (χ3v) is 3.25. The second-order valence-electron chi connectivity index (χ2n) is 3.73. The molecule has 0 spiro atoms. The molecule has 0 radical (unpaired) electrons. The van der Waals surface area contributed by atoms with Gasteiger partial charge in [-0.1, -0.05) is 0 Å². The summed E-state index contributed by atoms with van der Waals surface area (Å²) in [4.78, 5) is 12.5. The second kappa shape index (κ2) is 5.04. The van der Waals surface area contributed by atoms with Crippen LogP contribution in [-0.2, 0) is 4.79 Å². The van der Waals surface area contributed by atoms with Crippen molar-refractivity contribution in [2.75, 3.05) is 11.1 Å². The molecule has 1 aromatic carbocycles. The maximum Gasteiger partial charge on any atom is 0.227 e. The largest absolute Gasteiger partial charge is 0.326 e. The highest BCUT2D eigenvalue weighted by atomic mass is 32.2. The number of nitriles is 1. The number of carbonyl (C=O) groups is 1. The number of hydrogen-bond acceptors (Lipinski definition) is 3. The zero-order valence-corrected chi connectivity index (χ0v) is 9.59. The average Bonchev–Trinajstić information content (AvgIpc) is 3.12. The molecule has 1 aromatic rings. The van der Waals surface area contributed by atoms with Crippen LogP contribution in [0.4, 0.5) is 5.69 Å². The number of hydrogen-bond donors (Lipinski definition) is 1. The van der Waals surface area contributed by atoms with Crippen molar-refractivity contribution < 1.29 is 4.79 Å². The van der Waals surface area contributed by atoms with E-state index in [-0.39, 0.29) is 11.8 Å². The molecule has 16 heavy (non-hydrogen) atoms. The van der Waals surface area contributed by atoms with Crippen molar-refractivity contribution in [3.63, 3.8) is 0 Å². The summed E-state index contributed by atoms with van der Waals surface area (Å²) in [6.07, 6.45) is 2.03. The van der Waals surface area contributed by atoms with E-state index in [0.29, 0.717) is 5.75 Å². The Hall–Kier alpha value is -1.47. The summed E-state index contributed by atoms with van der Waals surface area (Å²) in [5.74, 6) is 0.804. The van der Waals surface area contributed by atoms with Gasteiger partial charge in [-0.3, -0.25) is 4.79 Å². The van der Waals surface area contributed by atoms with Gasteiger partial charge in [0.25, 0.3) is 0 Å². The van der Waals surface area contributed by atoms with Crippen LogP contribution in [0.2, 0.25) is 0 Å². The van der Waals surface area contributed by atoms with E-state index in [1.54, 1.807) is 0 Å². The van der Waals surface area contributed by atoms with Crippen LogP contribution in [0, 0.1) is 17.2 Å². The van der Waals surface area contributed by atoms with Gasteiger partial charge in [0, 0.05) is 16.5 Å². The Morgan fingerprint density at radius 1 is 1.44 bits per heavy atom. The molecule has 0 heterocycles. The van der Waals surface area contributed by atoms with Crippen molar-refractivity contribution in [1.29, 1.82) is 5.26 Å². The molecule has 2 rings (SSSR count). The van der Waals surface area contributed by atoms with Gasteiger partial charge in [-0.05, 0) is 37.1 Å². The lowest BCUT2D eigenvalue weighted by Gasteiger charge is -2.04. The molecular weight excluding hydrogens is 220 g/mol. The van der Waals surface area contributed by atoms with E-state index in [2.05, 4.69) is 11.4 Å². The van der Waals surface area contributed by atoms with Crippen molar-refractivity contribution in [1.82, 2.24) is 0 Å². The molecule has 1 aliphatic rings. The molecule has 1 N–H and O–H groups in total. The number of nitrogens with one attached hydrogen (secondary N) is 1. The lowest BCUT2D eigenvalue weighted by atomic mass is 10.3. The van der Waals surface area contributed by atoms with Crippen LogP contribution < -0.4 is 5.32 Å². The number of thioether (sulfide) groups is 1. The maximum absolute atomic E-state index is 11.5.